The van der Waals surface area contributed by atoms with Crippen LogP contribution in [0.25, 0.3) is 11.4 Å². The maximum absolute atomic E-state index is 12.5. The number of imidazole rings is 1. The fraction of sp³-hybridized carbons (Fsp3) is 0.222. The zero-order valence-electron chi connectivity index (χ0n) is 13.1. The van der Waals surface area contributed by atoms with Crippen molar-refractivity contribution in [2.24, 2.45) is 0 Å². The van der Waals surface area contributed by atoms with Gasteiger partial charge in [0.05, 0.1) is 24.4 Å². The monoisotopic (exact) mass is 319 g/mol. The molecule has 4 heterocycles. The molecule has 0 aliphatic carbocycles. The average Bonchev–Trinajstić information content (AvgIpc) is 3.06. The molecule has 0 aromatic carbocycles. The second-order valence-electron chi connectivity index (χ2n) is 5.86. The van der Waals surface area contributed by atoms with Gasteiger partial charge in [0.2, 0.25) is 5.91 Å². The highest BCUT2D eigenvalue weighted by molar-refractivity contribution is 5.79. The summed E-state index contributed by atoms with van der Waals surface area (Å²) in [5.74, 6) is 0.931. The highest BCUT2D eigenvalue weighted by Crippen LogP contribution is 2.22. The summed E-state index contributed by atoms with van der Waals surface area (Å²) in [6, 6.07) is 7.64. The van der Waals surface area contributed by atoms with E-state index in [1.165, 1.54) is 0 Å². The number of H-pyrrole nitrogens is 1. The molecule has 3 aromatic rings. The quantitative estimate of drug-likeness (QED) is 0.801. The molecule has 120 valence electrons. The number of carbonyl (C=O) groups is 1. The van der Waals surface area contributed by atoms with Crippen molar-refractivity contribution < 1.29 is 4.79 Å². The third-order valence-electron chi connectivity index (χ3n) is 4.20. The van der Waals surface area contributed by atoms with E-state index < -0.39 is 0 Å². The molecule has 0 atom stereocenters. The Kier molecular flexibility index (Phi) is 3.78. The van der Waals surface area contributed by atoms with Crippen molar-refractivity contribution in [2.75, 3.05) is 6.54 Å². The maximum atomic E-state index is 12.5. The Hall–Kier alpha value is -3.02. The van der Waals surface area contributed by atoms with E-state index in [0.717, 1.165) is 34.8 Å². The van der Waals surface area contributed by atoms with Crippen molar-refractivity contribution in [3.05, 3.63) is 66.0 Å². The number of nitrogens with one attached hydrogen (secondary N) is 1. The van der Waals surface area contributed by atoms with Crippen LogP contribution in [0.1, 0.15) is 17.0 Å². The Morgan fingerprint density at radius 3 is 2.75 bits per heavy atom. The Morgan fingerprint density at radius 2 is 2.00 bits per heavy atom. The van der Waals surface area contributed by atoms with Crippen LogP contribution < -0.4 is 0 Å². The normalized spacial score (nSPS) is 13.6. The Labute approximate surface area is 139 Å². The van der Waals surface area contributed by atoms with E-state index in [1.54, 1.807) is 24.8 Å². The van der Waals surface area contributed by atoms with Crippen LogP contribution in [-0.2, 0) is 24.2 Å². The van der Waals surface area contributed by atoms with Crippen molar-refractivity contribution in [3.8, 4) is 11.4 Å². The standard InChI is InChI=1S/C18H17N5O/c24-17(9-13-3-1-6-19-10-13)23-8-5-15-16(12-23)22-18(21-15)14-4-2-7-20-11-14/h1-4,6-7,10-11H,5,8-9,12H2,(H,21,22). The molecule has 1 amide bonds. The van der Waals surface area contributed by atoms with Crippen LogP contribution in [0.3, 0.4) is 0 Å². The van der Waals surface area contributed by atoms with Gasteiger partial charge in [-0.3, -0.25) is 14.8 Å². The smallest absolute Gasteiger partial charge is 0.227 e. The van der Waals surface area contributed by atoms with Crippen LogP contribution in [0, 0.1) is 0 Å². The van der Waals surface area contributed by atoms with Gasteiger partial charge in [-0.05, 0) is 23.8 Å². The van der Waals surface area contributed by atoms with E-state index in [2.05, 4.69) is 19.9 Å². The van der Waals surface area contributed by atoms with E-state index in [1.807, 2.05) is 29.2 Å². The van der Waals surface area contributed by atoms with E-state index in [-0.39, 0.29) is 5.91 Å². The largest absolute Gasteiger partial charge is 0.340 e. The molecular weight excluding hydrogens is 302 g/mol. The van der Waals surface area contributed by atoms with Gasteiger partial charge in [-0.2, -0.15) is 0 Å². The van der Waals surface area contributed by atoms with E-state index >= 15 is 0 Å². The summed E-state index contributed by atoms with van der Waals surface area (Å²) in [5.41, 5.74) is 3.95. The first-order valence-corrected chi connectivity index (χ1v) is 7.94. The fourth-order valence-electron chi connectivity index (χ4n) is 2.94. The number of carbonyl (C=O) groups excluding carboxylic acids is 1. The number of aromatic nitrogens is 4. The molecule has 0 spiro atoms. The van der Waals surface area contributed by atoms with Crippen LogP contribution >= 0.6 is 0 Å². The second-order valence-corrected chi connectivity index (χ2v) is 5.86. The van der Waals surface area contributed by atoms with E-state index in [0.29, 0.717) is 19.5 Å². The van der Waals surface area contributed by atoms with Crippen molar-refractivity contribution in [2.45, 2.75) is 19.4 Å². The van der Waals surface area contributed by atoms with Gasteiger partial charge in [0.1, 0.15) is 5.82 Å². The molecule has 1 aliphatic heterocycles. The first-order chi connectivity index (χ1) is 11.8. The van der Waals surface area contributed by atoms with Gasteiger partial charge >= 0.3 is 0 Å². The molecule has 1 aliphatic rings. The lowest BCUT2D eigenvalue weighted by atomic mass is 10.1. The number of aromatic amines is 1. The highest BCUT2D eigenvalue weighted by Gasteiger charge is 2.24. The number of rotatable bonds is 3. The minimum absolute atomic E-state index is 0.117. The Balaban J connectivity index is 1.50. The van der Waals surface area contributed by atoms with E-state index in [9.17, 15) is 4.79 Å². The molecule has 3 aromatic heterocycles. The highest BCUT2D eigenvalue weighted by atomic mass is 16.2. The lowest BCUT2D eigenvalue weighted by Crippen LogP contribution is -2.37. The molecule has 1 N–H and O–H groups in total. The fourth-order valence-corrected chi connectivity index (χ4v) is 2.94. The Morgan fingerprint density at radius 1 is 1.17 bits per heavy atom. The van der Waals surface area contributed by atoms with Crippen LogP contribution in [0.2, 0.25) is 0 Å². The van der Waals surface area contributed by atoms with Gasteiger partial charge < -0.3 is 9.88 Å². The molecule has 6 heteroatoms. The summed E-state index contributed by atoms with van der Waals surface area (Å²) < 4.78 is 0. The van der Waals surface area contributed by atoms with Gasteiger partial charge in [0.15, 0.2) is 0 Å². The number of hydrogen-bond acceptors (Lipinski definition) is 4. The molecule has 4 rings (SSSR count). The summed E-state index contributed by atoms with van der Waals surface area (Å²) >= 11 is 0. The molecule has 6 nitrogen and oxygen atoms in total. The number of fused-ring (bicyclic) bond motifs is 1. The number of amides is 1. The maximum Gasteiger partial charge on any atom is 0.227 e. The summed E-state index contributed by atoms with van der Waals surface area (Å²) in [6.45, 7) is 1.27. The zero-order valence-corrected chi connectivity index (χ0v) is 13.1. The van der Waals surface area contributed by atoms with Crippen LogP contribution in [-0.4, -0.2) is 37.3 Å². The van der Waals surface area contributed by atoms with Gasteiger partial charge in [-0.1, -0.05) is 6.07 Å². The molecule has 0 saturated carbocycles. The predicted molar refractivity (Wildman–Crippen MR) is 88.9 cm³/mol. The second kappa shape index (κ2) is 6.23. The minimum Gasteiger partial charge on any atom is -0.340 e. The number of hydrogen-bond donors (Lipinski definition) is 1. The summed E-state index contributed by atoms with van der Waals surface area (Å²) in [6.07, 6.45) is 8.13. The first kappa shape index (κ1) is 14.6. The summed E-state index contributed by atoms with van der Waals surface area (Å²) in [5, 5.41) is 0. The van der Waals surface area contributed by atoms with Gasteiger partial charge in [-0.15, -0.1) is 0 Å². The molecular formula is C18H17N5O. The van der Waals surface area contributed by atoms with E-state index in [4.69, 9.17) is 0 Å². The van der Waals surface area contributed by atoms with Gasteiger partial charge in [0.25, 0.3) is 0 Å². The predicted octanol–water partition coefficient (Wildman–Crippen LogP) is 1.99. The molecule has 0 radical (unpaired) electrons. The average molecular weight is 319 g/mol. The summed E-state index contributed by atoms with van der Waals surface area (Å²) in [7, 11) is 0. The van der Waals surface area contributed by atoms with Crippen LogP contribution in [0.15, 0.2) is 49.1 Å². The summed E-state index contributed by atoms with van der Waals surface area (Å²) in [4.78, 5) is 30.6. The Bertz CT molecular complexity index is 844. The van der Waals surface area contributed by atoms with Crippen molar-refractivity contribution in [3.63, 3.8) is 0 Å². The molecule has 0 saturated heterocycles. The lowest BCUT2D eigenvalue weighted by Gasteiger charge is -2.26. The van der Waals surface area contributed by atoms with Crippen molar-refractivity contribution >= 4 is 5.91 Å². The van der Waals surface area contributed by atoms with Crippen molar-refractivity contribution in [1.82, 2.24) is 24.8 Å². The van der Waals surface area contributed by atoms with Gasteiger partial charge in [0, 0.05) is 43.3 Å². The topological polar surface area (TPSA) is 74.8 Å². The van der Waals surface area contributed by atoms with Crippen LogP contribution in [0.4, 0.5) is 0 Å². The molecule has 0 unspecified atom stereocenters. The zero-order chi connectivity index (χ0) is 16.4. The van der Waals surface area contributed by atoms with Gasteiger partial charge in [-0.25, -0.2) is 4.98 Å². The third kappa shape index (κ3) is 2.90. The third-order valence-corrected chi connectivity index (χ3v) is 4.20. The minimum atomic E-state index is 0.117. The molecule has 24 heavy (non-hydrogen) atoms. The lowest BCUT2D eigenvalue weighted by molar-refractivity contribution is -0.131. The van der Waals surface area contributed by atoms with Crippen LogP contribution in [0.5, 0.6) is 0 Å². The number of pyridine rings is 2. The van der Waals surface area contributed by atoms with Crippen molar-refractivity contribution in [1.29, 1.82) is 0 Å². The SMILES string of the molecule is O=C(Cc1cccnc1)N1CCc2nc(-c3cccnc3)[nH]c2C1. The first-order valence-electron chi connectivity index (χ1n) is 7.94. The molecule has 0 fully saturated rings. The number of nitrogens with zero attached hydrogens (tertiary/aromatic N) is 4. The molecule has 0 bridgehead atoms.